The molecule has 0 saturated carbocycles. The Bertz CT molecular complexity index is 7780. The quantitative estimate of drug-likeness (QED) is 0.149. The maximum atomic E-state index is 7.35. The Balaban J connectivity index is 0.605. The van der Waals surface area contributed by atoms with Crippen molar-refractivity contribution in [2.45, 2.75) is 38.5 Å². The van der Waals surface area contributed by atoms with E-state index in [-0.39, 0.29) is 10.8 Å². The van der Waals surface area contributed by atoms with Crippen molar-refractivity contribution in [2.75, 3.05) is 0 Å². The molecule has 0 amide bonds. The number of hydrogen-bond donors (Lipinski definition) is 0. The lowest BCUT2D eigenvalue weighted by Crippen LogP contribution is -2.16. The van der Waals surface area contributed by atoms with E-state index in [9.17, 15) is 0 Å². The molecule has 22 aromatic rings. The number of hydrogen-bond acceptors (Lipinski definition) is 2. The molecule has 2 heteroatoms. The highest BCUT2D eigenvalue weighted by atomic mass is 16.3. The highest BCUT2D eigenvalue weighted by molar-refractivity contribution is 6.27. The standard InChI is InChI=1S/C110H70O2/c1-109(2)95-58-50-69-47-53-89-76-52-48-72(61-98(76)112-108(89)101(69)105(95)90-54-49-71(60-96(90)109)63-39-43-67(44-40-63)99-79-28-9-13-32-83(79)102(84-33-14-10-29-80(84)99)77-36-19-23-64-21-5-7-25-73(64)77)70-51-57-94-93(59-70)104-87-55-56-88-75-27-17-18-38-97(75)111-107(88)92(87)62-91(106(104)110(94,3)4)66-41-45-68(46-42-66)100-81-30-11-15-34-85(81)103(86-35-16-12-31-82(86)100)78-37-20-24-65-22-6-8-26-74(65)78/h5-62H,1-4H3. The molecule has 2 aliphatic rings. The zero-order valence-electron chi connectivity index (χ0n) is 62.3. The van der Waals surface area contributed by atoms with Gasteiger partial charge in [0.1, 0.15) is 22.3 Å². The van der Waals surface area contributed by atoms with Crippen LogP contribution in [-0.2, 0) is 10.8 Å². The van der Waals surface area contributed by atoms with E-state index in [0.717, 1.165) is 60.4 Å². The predicted molar refractivity (Wildman–Crippen MR) is 474 cm³/mol. The third-order valence-corrected chi connectivity index (χ3v) is 25.8. The second kappa shape index (κ2) is 23.3. The van der Waals surface area contributed by atoms with Gasteiger partial charge in [0.2, 0.25) is 0 Å². The van der Waals surface area contributed by atoms with Gasteiger partial charge in [-0.2, -0.15) is 0 Å². The van der Waals surface area contributed by atoms with E-state index in [0.29, 0.717) is 0 Å². The van der Waals surface area contributed by atoms with Crippen LogP contribution in [0.2, 0.25) is 0 Å². The van der Waals surface area contributed by atoms with Crippen LogP contribution in [0.15, 0.2) is 361 Å². The lowest BCUT2D eigenvalue weighted by molar-refractivity contribution is 0.660. The van der Waals surface area contributed by atoms with E-state index in [1.807, 2.05) is 0 Å². The number of fused-ring (bicyclic) bond motifs is 24. The van der Waals surface area contributed by atoms with Gasteiger partial charge in [-0.3, -0.25) is 0 Å². The fourth-order valence-corrected chi connectivity index (χ4v) is 20.6. The Labute approximate surface area is 647 Å². The second-order valence-electron chi connectivity index (χ2n) is 32.3. The summed E-state index contributed by atoms with van der Waals surface area (Å²) < 4.78 is 14.3. The van der Waals surface area contributed by atoms with Crippen LogP contribution in [0, 0.1) is 0 Å². The fourth-order valence-electron chi connectivity index (χ4n) is 20.6. The van der Waals surface area contributed by atoms with Gasteiger partial charge in [0, 0.05) is 43.1 Å². The van der Waals surface area contributed by atoms with Crippen LogP contribution in [0.1, 0.15) is 49.9 Å². The molecule has 0 radical (unpaired) electrons. The topological polar surface area (TPSA) is 26.3 Å². The van der Waals surface area contributed by atoms with Gasteiger partial charge in [-0.25, -0.2) is 0 Å². The molecule has 2 aliphatic carbocycles. The summed E-state index contributed by atoms with van der Waals surface area (Å²) in [6.45, 7) is 9.64. The minimum Gasteiger partial charge on any atom is -0.455 e. The lowest BCUT2D eigenvalue weighted by atomic mass is 9.77. The minimum absolute atomic E-state index is 0.270. The Hall–Kier alpha value is -13.9. The molecule has 0 N–H and O–H groups in total. The van der Waals surface area contributed by atoms with Gasteiger partial charge in [-0.05, 0) is 246 Å². The van der Waals surface area contributed by atoms with Crippen LogP contribution in [0.25, 0.3) is 230 Å². The van der Waals surface area contributed by atoms with E-state index < -0.39 is 0 Å². The van der Waals surface area contributed by atoms with Crippen LogP contribution in [0.5, 0.6) is 0 Å². The Morgan fingerprint density at radius 2 is 0.598 bits per heavy atom. The van der Waals surface area contributed by atoms with Gasteiger partial charge in [0.25, 0.3) is 0 Å². The van der Waals surface area contributed by atoms with Crippen molar-refractivity contribution < 1.29 is 8.83 Å². The second-order valence-corrected chi connectivity index (χ2v) is 32.3. The summed E-state index contributed by atoms with van der Waals surface area (Å²) in [6.07, 6.45) is 0. The smallest absolute Gasteiger partial charge is 0.143 e. The largest absolute Gasteiger partial charge is 0.455 e. The van der Waals surface area contributed by atoms with Gasteiger partial charge in [-0.15, -0.1) is 0 Å². The summed E-state index contributed by atoms with van der Waals surface area (Å²) in [5, 5.41) is 24.1. The summed E-state index contributed by atoms with van der Waals surface area (Å²) in [4.78, 5) is 0. The lowest BCUT2D eigenvalue weighted by Gasteiger charge is -2.25. The van der Waals surface area contributed by atoms with Crippen molar-refractivity contribution in [3.63, 3.8) is 0 Å². The Morgan fingerprint density at radius 1 is 0.188 bits per heavy atom. The molecule has 0 spiro atoms. The molecule has 0 bridgehead atoms. The number of furan rings is 2. The van der Waals surface area contributed by atoms with Gasteiger partial charge in [0.15, 0.2) is 0 Å². The van der Waals surface area contributed by atoms with Crippen molar-refractivity contribution in [2.24, 2.45) is 0 Å². The maximum absolute atomic E-state index is 7.35. The Morgan fingerprint density at radius 3 is 1.21 bits per heavy atom. The molecule has 0 atom stereocenters. The van der Waals surface area contributed by atoms with Crippen LogP contribution in [0.4, 0.5) is 0 Å². The van der Waals surface area contributed by atoms with Gasteiger partial charge >= 0.3 is 0 Å². The first-order valence-corrected chi connectivity index (χ1v) is 39.3. The van der Waals surface area contributed by atoms with Crippen molar-refractivity contribution in [3.05, 3.63) is 374 Å². The van der Waals surface area contributed by atoms with E-state index in [1.165, 1.54) is 192 Å². The summed E-state index contributed by atoms with van der Waals surface area (Å²) in [7, 11) is 0. The zero-order valence-corrected chi connectivity index (χ0v) is 62.3. The molecule has 20 aromatic carbocycles. The average Bonchev–Trinajstić information content (AvgIpc) is 1.56. The van der Waals surface area contributed by atoms with E-state index in [4.69, 9.17) is 8.83 Å². The first-order chi connectivity index (χ1) is 55.1. The molecule has 0 fully saturated rings. The molecule has 24 rings (SSSR count). The van der Waals surface area contributed by atoms with Crippen molar-refractivity contribution in [1.82, 2.24) is 0 Å². The molecule has 522 valence electrons. The monoisotopic (exact) mass is 1420 g/mol. The van der Waals surface area contributed by atoms with Crippen LogP contribution >= 0.6 is 0 Å². The fraction of sp³-hybridized carbons (Fsp3) is 0.0545. The molecule has 2 nitrogen and oxygen atoms in total. The molecule has 2 aromatic heterocycles. The average molecular weight is 1420 g/mol. The van der Waals surface area contributed by atoms with Crippen LogP contribution < -0.4 is 0 Å². The van der Waals surface area contributed by atoms with Gasteiger partial charge < -0.3 is 8.83 Å². The molecule has 112 heavy (non-hydrogen) atoms. The van der Waals surface area contributed by atoms with Crippen LogP contribution in [-0.4, -0.2) is 0 Å². The zero-order chi connectivity index (χ0) is 74.0. The number of benzene rings is 20. The first kappa shape index (κ1) is 63.1. The van der Waals surface area contributed by atoms with Crippen molar-refractivity contribution in [1.29, 1.82) is 0 Å². The highest BCUT2D eigenvalue weighted by Crippen LogP contribution is 2.59. The molecule has 2 heterocycles. The minimum atomic E-state index is -0.358. The van der Waals surface area contributed by atoms with E-state index in [2.05, 4.69) is 380 Å². The number of rotatable bonds is 7. The summed E-state index contributed by atoms with van der Waals surface area (Å²) in [6, 6.07) is 132. The summed E-state index contributed by atoms with van der Waals surface area (Å²) >= 11 is 0. The molecular formula is C110H70O2. The van der Waals surface area contributed by atoms with Crippen molar-refractivity contribution in [3.8, 4) is 100 Å². The van der Waals surface area contributed by atoms with Gasteiger partial charge in [-0.1, -0.05) is 331 Å². The van der Waals surface area contributed by atoms with E-state index >= 15 is 0 Å². The number of para-hydroxylation sites is 1. The molecular weight excluding hydrogens is 1350 g/mol. The normalized spacial score (nSPS) is 13.5. The highest BCUT2D eigenvalue weighted by Gasteiger charge is 2.41. The predicted octanol–water partition coefficient (Wildman–Crippen LogP) is 31.0. The SMILES string of the molecule is CC1(C)c2cc(-c3ccc(-c4c5ccccc5c(-c5cccc6ccccc56)c5ccccc45)cc3)ccc2-c2c1ccc1ccc3c4ccc(-c5ccc6c(c5)-c5c(c(-c7ccc(-c8c9ccccc9c(-c9cccc%10ccccc9%10)c9ccccc89)cc7)cc7c5ccc5c8ccccc8oc75)C6(C)C)cc4oc3c21. The van der Waals surface area contributed by atoms with Gasteiger partial charge in [0.05, 0.1) is 0 Å². The Kier molecular flexibility index (Phi) is 13.1. The van der Waals surface area contributed by atoms with E-state index in [1.54, 1.807) is 0 Å². The molecule has 0 saturated heterocycles. The molecule has 0 aliphatic heterocycles. The van der Waals surface area contributed by atoms with Crippen molar-refractivity contribution >= 4 is 130 Å². The third-order valence-electron chi connectivity index (χ3n) is 25.8. The molecule has 0 unspecified atom stereocenters. The third kappa shape index (κ3) is 8.86. The maximum Gasteiger partial charge on any atom is 0.143 e. The first-order valence-electron chi connectivity index (χ1n) is 39.3. The summed E-state index contributed by atoms with van der Waals surface area (Å²) in [5.74, 6) is 0. The summed E-state index contributed by atoms with van der Waals surface area (Å²) in [5.41, 5.74) is 30.3. The van der Waals surface area contributed by atoms with Crippen LogP contribution in [0.3, 0.4) is 0 Å².